The van der Waals surface area contributed by atoms with Gasteiger partial charge < -0.3 is 9.47 Å². The number of hydrogen-bond donors (Lipinski definition) is 0. The molecule has 5 heteroatoms. The highest BCUT2D eigenvalue weighted by molar-refractivity contribution is 8.00. The Balaban J connectivity index is 2.21. The minimum Gasteiger partial charge on any atom is -0.493 e. The van der Waals surface area contributed by atoms with Gasteiger partial charge in [-0.25, -0.2) is 0 Å². The molecule has 0 radical (unpaired) electrons. The summed E-state index contributed by atoms with van der Waals surface area (Å²) >= 11 is 8.50. The predicted molar refractivity (Wildman–Crippen MR) is 86.3 cm³/mol. The average Bonchev–Trinajstić information content (AvgIpc) is 2.45. The Morgan fingerprint density at radius 3 is 2.70 bits per heavy atom. The van der Waals surface area contributed by atoms with E-state index in [-0.39, 0.29) is 0 Å². The summed E-state index contributed by atoms with van der Waals surface area (Å²) in [5, 5.41) is 1.31. The zero-order chi connectivity index (χ0) is 14.7. The van der Waals surface area contributed by atoms with Crippen LogP contribution in [0.15, 0.2) is 12.1 Å². The Labute approximate surface area is 130 Å². The molecule has 2 atom stereocenters. The van der Waals surface area contributed by atoms with Gasteiger partial charge in [-0.1, -0.05) is 24.6 Å². The van der Waals surface area contributed by atoms with Gasteiger partial charge in [-0.15, -0.1) is 0 Å². The average molecular weight is 316 g/mol. The van der Waals surface area contributed by atoms with Gasteiger partial charge in [0.05, 0.1) is 19.2 Å². The molecular weight excluding hydrogens is 294 g/mol. The Hall–Kier alpha value is -0.580. The van der Waals surface area contributed by atoms with Crippen LogP contribution in [0.25, 0.3) is 0 Å². The van der Waals surface area contributed by atoms with Crippen molar-refractivity contribution in [2.45, 2.75) is 31.7 Å². The first-order chi connectivity index (χ1) is 9.58. The van der Waals surface area contributed by atoms with Gasteiger partial charge in [0.1, 0.15) is 0 Å². The second kappa shape index (κ2) is 6.92. The largest absolute Gasteiger partial charge is 0.493 e. The molecule has 1 aromatic carbocycles. The van der Waals surface area contributed by atoms with Crippen LogP contribution in [0.3, 0.4) is 0 Å². The van der Waals surface area contributed by atoms with E-state index in [1.165, 1.54) is 5.75 Å². The third-order valence-electron chi connectivity index (χ3n) is 3.95. The van der Waals surface area contributed by atoms with Crippen LogP contribution in [0.4, 0.5) is 0 Å². The Bertz CT molecular complexity index is 469. The number of rotatable bonds is 4. The standard InChI is InChI=1S/C15H22ClNO2S/c1-10-11(2)20-8-7-17(10)9-12-5-6-13(18-3)15(19-4)14(12)16/h5-6,10-11H,7-9H2,1-4H3. The highest BCUT2D eigenvalue weighted by atomic mass is 35.5. The number of thioether (sulfide) groups is 1. The lowest BCUT2D eigenvalue weighted by Gasteiger charge is -2.37. The van der Waals surface area contributed by atoms with Crippen molar-refractivity contribution < 1.29 is 9.47 Å². The van der Waals surface area contributed by atoms with E-state index in [2.05, 4.69) is 18.7 Å². The molecule has 1 fully saturated rings. The van der Waals surface area contributed by atoms with Crippen LogP contribution in [0.5, 0.6) is 11.5 Å². The summed E-state index contributed by atoms with van der Waals surface area (Å²) in [6.07, 6.45) is 0. The minimum absolute atomic E-state index is 0.554. The molecule has 20 heavy (non-hydrogen) atoms. The van der Waals surface area contributed by atoms with Gasteiger partial charge in [0.15, 0.2) is 11.5 Å². The van der Waals surface area contributed by atoms with Crippen LogP contribution in [0.2, 0.25) is 5.02 Å². The van der Waals surface area contributed by atoms with Gasteiger partial charge in [-0.2, -0.15) is 11.8 Å². The summed E-state index contributed by atoms with van der Waals surface area (Å²) in [6, 6.07) is 4.51. The van der Waals surface area contributed by atoms with Gasteiger partial charge >= 0.3 is 0 Å². The number of halogens is 1. The van der Waals surface area contributed by atoms with Gasteiger partial charge in [0.2, 0.25) is 0 Å². The van der Waals surface area contributed by atoms with E-state index in [9.17, 15) is 0 Å². The molecule has 0 saturated carbocycles. The van der Waals surface area contributed by atoms with Gasteiger partial charge in [-0.3, -0.25) is 4.90 Å². The molecule has 2 unspecified atom stereocenters. The van der Waals surface area contributed by atoms with Crippen LogP contribution in [-0.4, -0.2) is 42.7 Å². The first kappa shape index (κ1) is 15.8. The monoisotopic (exact) mass is 315 g/mol. The summed E-state index contributed by atoms with van der Waals surface area (Å²) in [7, 11) is 3.25. The first-order valence-electron chi connectivity index (χ1n) is 6.83. The van der Waals surface area contributed by atoms with E-state index in [0.29, 0.717) is 27.8 Å². The number of methoxy groups -OCH3 is 2. The highest BCUT2D eigenvalue weighted by Gasteiger charge is 2.26. The van der Waals surface area contributed by atoms with E-state index in [1.807, 2.05) is 23.9 Å². The fourth-order valence-electron chi connectivity index (χ4n) is 2.49. The Morgan fingerprint density at radius 1 is 1.30 bits per heavy atom. The fourth-order valence-corrected chi connectivity index (χ4v) is 3.95. The van der Waals surface area contributed by atoms with Gasteiger partial charge in [0, 0.05) is 30.1 Å². The molecule has 1 aromatic rings. The van der Waals surface area contributed by atoms with Crippen LogP contribution >= 0.6 is 23.4 Å². The van der Waals surface area contributed by atoms with Crippen molar-refractivity contribution >= 4 is 23.4 Å². The van der Waals surface area contributed by atoms with Crippen molar-refractivity contribution in [3.05, 3.63) is 22.7 Å². The second-order valence-corrected chi connectivity index (χ2v) is 6.92. The van der Waals surface area contributed by atoms with Crippen molar-refractivity contribution in [2.75, 3.05) is 26.5 Å². The lowest BCUT2D eigenvalue weighted by atomic mass is 10.1. The van der Waals surface area contributed by atoms with E-state index in [0.717, 1.165) is 18.7 Å². The van der Waals surface area contributed by atoms with Crippen molar-refractivity contribution in [2.24, 2.45) is 0 Å². The molecule has 0 bridgehead atoms. The summed E-state index contributed by atoms with van der Waals surface area (Å²) in [5.74, 6) is 2.48. The molecule has 0 N–H and O–H groups in total. The van der Waals surface area contributed by atoms with Crippen molar-refractivity contribution in [1.29, 1.82) is 0 Å². The van der Waals surface area contributed by atoms with Crippen molar-refractivity contribution in [1.82, 2.24) is 4.90 Å². The van der Waals surface area contributed by atoms with E-state index >= 15 is 0 Å². The molecule has 1 saturated heterocycles. The highest BCUT2D eigenvalue weighted by Crippen LogP contribution is 2.38. The number of nitrogens with zero attached hydrogens (tertiary/aromatic N) is 1. The van der Waals surface area contributed by atoms with Gasteiger partial charge in [0.25, 0.3) is 0 Å². The smallest absolute Gasteiger partial charge is 0.179 e. The lowest BCUT2D eigenvalue weighted by molar-refractivity contribution is 0.204. The number of benzene rings is 1. The minimum atomic E-state index is 0.554. The van der Waals surface area contributed by atoms with Crippen LogP contribution < -0.4 is 9.47 Å². The maximum atomic E-state index is 6.46. The third kappa shape index (κ3) is 3.18. The zero-order valence-electron chi connectivity index (χ0n) is 12.5. The second-order valence-electron chi connectivity index (χ2n) is 5.06. The molecule has 1 aliphatic heterocycles. The molecule has 1 aliphatic rings. The molecular formula is C15H22ClNO2S. The number of ether oxygens (including phenoxy) is 2. The quantitative estimate of drug-likeness (QED) is 0.845. The van der Waals surface area contributed by atoms with Crippen molar-refractivity contribution in [3.8, 4) is 11.5 Å². The summed E-state index contributed by atoms with van der Waals surface area (Å²) in [5.41, 5.74) is 1.09. The van der Waals surface area contributed by atoms with Crippen molar-refractivity contribution in [3.63, 3.8) is 0 Å². The molecule has 0 spiro atoms. The van der Waals surface area contributed by atoms with E-state index in [1.54, 1.807) is 14.2 Å². The molecule has 112 valence electrons. The molecule has 0 aromatic heterocycles. The zero-order valence-corrected chi connectivity index (χ0v) is 14.1. The predicted octanol–water partition coefficient (Wildman–Crippen LogP) is 3.68. The first-order valence-corrected chi connectivity index (χ1v) is 8.26. The summed E-state index contributed by atoms with van der Waals surface area (Å²) < 4.78 is 10.6. The normalized spacial score (nSPS) is 23.6. The molecule has 2 rings (SSSR count). The lowest BCUT2D eigenvalue weighted by Crippen LogP contribution is -2.43. The van der Waals surface area contributed by atoms with E-state index < -0.39 is 0 Å². The molecule has 1 heterocycles. The Morgan fingerprint density at radius 2 is 2.05 bits per heavy atom. The van der Waals surface area contributed by atoms with Gasteiger partial charge in [-0.05, 0) is 18.6 Å². The third-order valence-corrected chi connectivity index (χ3v) is 5.71. The molecule has 0 amide bonds. The van der Waals surface area contributed by atoms with Crippen LogP contribution in [-0.2, 0) is 6.54 Å². The fraction of sp³-hybridized carbons (Fsp3) is 0.600. The SMILES string of the molecule is COc1ccc(CN2CCSC(C)C2C)c(Cl)c1OC. The number of hydrogen-bond acceptors (Lipinski definition) is 4. The maximum Gasteiger partial charge on any atom is 0.179 e. The summed E-state index contributed by atoms with van der Waals surface area (Å²) in [4.78, 5) is 2.48. The molecule has 0 aliphatic carbocycles. The molecule has 3 nitrogen and oxygen atoms in total. The summed E-state index contributed by atoms with van der Waals surface area (Å²) in [6.45, 7) is 6.52. The Kier molecular flexibility index (Phi) is 5.47. The van der Waals surface area contributed by atoms with E-state index in [4.69, 9.17) is 21.1 Å². The van der Waals surface area contributed by atoms with Crippen LogP contribution in [0.1, 0.15) is 19.4 Å². The topological polar surface area (TPSA) is 21.7 Å². The maximum absolute atomic E-state index is 6.46. The van der Waals surface area contributed by atoms with Crippen LogP contribution in [0, 0.1) is 0 Å².